The highest BCUT2D eigenvalue weighted by Gasteiger charge is 2.21. The number of anilines is 1. The number of hydrogen-bond donors (Lipinski definition) is 1. The average molecular weight is 252 g/mol. The minimum Gasteiger partial charge on any atom is -0.302 e. The monoisotopic (exact) mass is 252 g/mol. The summed E-state index contributed by atoms with van der Waals surface area (Å²) in [7, 11) is -4.75. The summed E-state index contributed by atoms with van der Waals surface area (Å²) in [4.78, 5) is 14.7. The first-order valence-electron chi connectivity index (χ1n) is 4.06. The van der Waals surface area contributed by atoms with E-state index in [2.05, 4.69) is 10.3 Å². The van der Waals surface area contributed by atoms with Crippen molar-refractivity contribution < 1.29 is 17.1 Å². The summed E-state index contributed by atoms with van der Waals surface area (Å²) in [6, 6.07) is 0. The fourth-order valence-electron chi connectivity index (χ4n) is 0.870. The standard InChI is InChI=1S/C7H9FN2O3S2/c1-3-5(11)10-7-9-4(2)6(14-7)15(8,12)13/h3H2,1-2H3,(H,9,10,11). The molecule has 84 valence electrons. The Labute approximate surface area is 90.5 Å². The smallest absolute Gasteiger partial charge is 0.302 e. The number of carbonyl (C=O) groups excluding carboxylic acids is 1. The topological polar surface area (TPSA) is 76.1 Å². The zero-order chi connectivity index (χ0) is 11.6. The summed E-state index contributed by atoms with van der Waals surface area (Å²) in [6.45, 7) is 3.01. The van der Waals surface area contributed by atoms with Gasteiger partial charge in [-0.25, -0.2) is 4.98 Å². The average Bonchev–Trinajstić information content (AvgIpc) is 2.45. The van der Waals surface area contributed by atoms with E-state index in [0.29, 0.717) is 11.3 Å². The Hall–Kier alpha value is -1.02. The van der Waals surface area contributed by atoms with Gasteiger partial charge in [-0.1, -0.05) is 22.1 Å². The molecule has 1 rings (SSSR count). The van der Waals surface area contributed by atoms with Gasteiger partial charge in [-0.05, 0) is 6.92 Å². The van der Waals surface area contributed by atoms with E-state index < -0.39 is 14.4 Å². The molecule has 0 saturated heterocycles. The molecule has 0 aliphatic heterocycles. The van der Waals surface area contributed by atoms with Crippen LogP contribution in [0.5, 0.6) is 0 Å². The van der Waals surface area contributed by atoms with Crippen molar-refractivity contribution in [2.24, 2.45) is 0 Å². The van der Waals surface area contributed by atoms with Gasteiger partial charge in [0.25, 0.3) is 0 Å². The molecule has 0 aromatic carbocycles. The maximum absolute atomic E-state index is 12.6. The number of rotatable bonds is 3. The Morgan fingerprint density at radius 2 is 2.20 bits per heavy atom. The lowest BCUT2D eigenvalue weighted by atomic mass is 10.5. The number of nitrogens with zero attached hydrogens (tertiary/aromatic N) is 1. The molecule has 1 N–H and O–H groups in total. The number of aromatic nitrogens is 1. The van der Waals surface area contributed by atoms with Gasteiger partial charge in [-0.3, -0.25) is 4.79 Å². The van der Waals surface area contributed by atoms with Gasteiger partial charge in [-0.2, -0.15) is 8.42 Å². The molecule has 0 bridgehead atoms. The maximum Gasteiger partial charge on any atom is 0.343 e. The molecule has 0 radical (unpaired) electrons. The molecule has 0 aliphatic rings. The predicted octanol–water partition coefficient (Wildman–Crippen LogP) is 1.46. The molecule has 1 aromatic rings. The summed E-state index contributed by atoms with van der Waals surface area (Å²) in [6.07, 6.45) is 0.246. The lowest BCUT2D eigenvalue weighted by molar-refractivity contribution is -0.115. The van der Waals surface area contributed by atoms with Crippen molar-refractivity contribution in [1.29, 1.82) is 0 Å². The zero-order valence-corrected chi connectivity index (χ0v) is 9.71. The molecule has 8 heteroatoms. The Morgan fingerprint density at radius 3 is 2.60 bits per heavy atom. The van der Waals surface area contributed by atoms with Crippen LogP contribution in [-0.2, 0) is 15.0 Å². The van der Waals surface area contributed by atoms with Crippen molar-refractivity contribution in [2.45, 2.75) is 24.5 Å². The molecule has 15 heavy (non-hydrogen) atoms. The van der Waals surface area contributed by atoms with E-state index in [1.54, 1.807) is 6.92 Å². The molecule has 0 spiro atoms. The number of hydrogen-bond acceptors (Lipinski definition) is 5. The molecule has 0 saturated carbocycles. The first-order chi connectivity index (χ1) is 6.84. The third-order valence-corrected chi connectivity index (χ3v) is 4.00. The Kier molecular flexibility index (Phi) is 3.40. The summed E-state index contributed by atoms with van der Waals surface area (Å²) >= 11 is 0.604. The highest BCUT2D eigenvalue weighted by atomic mass is 32.3. The number of nitrogens with one attached hydrogen (secondary N) is 1. The van der Waals surface area contributed by atoms with E-state index in [1.807, 2.05) is 0 Å². The quantitative estimate of drug-likeness (QED) is 0.826. The maximum atomic E-state index is 12.6. The van der Waals surface area contributed by atoms with Gasteiger partial charge in [0.15, 0.2) is 9.34 Å². The largest absolute Gasteiger partial charge is 0.343 e. The van der Waals surface area contributed by atoms with Crippen molar-refractivity contribution in [3.63, 3.8) is 0 Å². The van der Waals surface area contributed by atoms with Gasteiger partial charge < -0.3 is 5.32 Å². The predicted molar refractivity (Wildman–Crippen MR) is 54.1 cm³/mol. The van der Waals surface area contributed by atoms with Crippen molar-refractivity contribution in [3.05, 3.63) is 5.69 Å². The highest BCUT2D eigenvalue weighted by Crippen LogP contribution is 2.28. The molecule has 0 unspecified atom stereocenters. The SMILES string of the molecule is CCC(=O)Nc1nc(C)c(S(=O)(=O)F)s1. The summed E-state index contributed by atoms with van der Waals surface area (Å²) in [5, 5.41) is 2.46. The highest BCUT2D eigenvalue weighted by molar-refractivity contribution is 7.88. The Bertz CT molecular complexity index is 480. The fourth-order valence-corrected chi connectivity index (χ4v) is 2.62. The number of thiazole rings is 1. The van der Waals surface area contributed by atoms with Crippen LogP contribution in [0.2, 0.25) is 0 Å². The summed E-state index contributed by atoms with van der Waals surface area (Å²) in [5.74, 6) is -0.299. The summed E-state index contributed by atoms with van der Waals surface area (Å²) in [5.41, 5.74) is 0.0499. The first kappa shape index (κ1) is 12.1. The van der Waals surface area contributed by atoms with Crippen LogP contribution in [-0.4, -0.2) is 19.3 Å². The van der Waals surface area contributed by atoms with Gasteiger partial charge in [0.05, 0.1) is 5.69 Å². The minimum atomic E-state index is -4.75. The number of aryl methyl sites for hydroxylation is 1. The second kappa shape index (κ2) is 4.23. The first-order valence-corrected chi connectivity index (χ1v) is 6.26. The number of halogens is 1. The molecular weight excluding hydrogens is 243 g/mol. The molecule has 1 amide bonds. The Morgan fingerprint density at radius 1 is 1.60 bits per heavy atom. The van der Waals surface area contributed by atoms with Crippen LogP contribution in [0.15, 0.2) is 4.21 Å². The molecule has 5 nitrogen and oxygen atoms in total. The van der Waals surface area contributed by atoms with Crippen LogP contribution in [0, 0.1) is 6.92 Å². The van der Waals surface area contributed by atoms with Crippen LogP contribution >= 0.6 is 11.3 Å². The molecule has 1 aromatic heterocycles. The third-order valence-electron chi connectivity index (χ3n) is 1.54. The van der Waals surface area contributed by atoms with E-state index in [-0.39, 0.29) is 23.2 Å². The van der Waals surface area contributed by atoms with Gasteiger partial charge >= 0.3 is 10.2 Å². The lowest BCUT2D eigenvalue weighted by Gasteiger charge is -1.95. The molecule has 1 heterocycles. The molecule has 0 atom stereocenters. The van der Waals surface area contributed by atoms with Crippen LogP contribution < -0.4 is 5.32 Å². The molecule has 0 aliphatic carbocycles. The van der Waals surface area contributed by atoms with Gasteiger partial charge in [-0.15, -0.1) is 0 Å². The van der Waals surface area contributed by atoms with Crippen LogP contribution in [0.4, 0.5) is 9.02 Å². The van der Waals surface area contributed by atoms with Gasteiger partial charge in [0.2, 0.25) is 5.91 Å². The van der Waals surface area contributed by atoms with E-state index in [4.69, 9.17) is 0 Å². The normalized spacial score (nSPS) is 11.4. The number of carbonyl (C=O) groups is 1. The second-order valence-electron chi connectivity index (χ2n) is 2.73. The van der Waals surface area contributed by atoms with Crippen LogP contribution in [0.25, 0.3) is 0 Å². The van der Waals surface area contributed by atoms with Crippen molar-refractivity contribution >= 4 is 32.6 Å². The van der Waals surface area contributed by atoms with Crippen LogP contribution in [0.3, 0.4) is 0 Å². The minimum absolute atomic E-state index is 0.0499. The molecular formula is C7H9FN2O3S2. The fraction of sp³-hybridized carbons (Fsp3) is 0.429. The van der Waals surface area contributed by atoms with Crippen molar-refractivity contribution in [2.75, 3.05) is 5.32 Å². The zero-order valence-electron chi connectivity index (χ0n) is 8.07. The second-order valence-corrected chi connectivity index (χ2v) is 5.27. The van der Waals surface area contributed by atoms with Crippen molar-refractivity contribution in [1.82, 2.24) is 4.98 Å². The van der Waals surface area contributed by atoms with E-state index in [0.717, 1.165) is 0 Å². The van der Waals surface area contributed by atoms with Crippen molar-refractivity contribution in [3.8, 4) is 0 Å². The molecule has 0 fully saturated rings. The Balaban J connectivity index is 3.02. The number of amides is 1. The third kappa shape index (κ3) is 2.96. The van der Waals surface area contributed by atoms with Crippen LogP contribution in [0.1, 0.15) is 19.0 Å². The van der Waals surface area contributed by atoms with E-state index >= 15 is 0 Å². The van der Waals surface area contributed by atoms with Gasteiger partial charge in [0, 0.05) is 6.42 Å². The summed E-state index contributed by atoms with van der Waals surface area (Å²) < 4.78 is 33.4. The van der Waals surface area contributed by atoms with Gasteiger partial charge in [0.1, 0.15) is 0 Å². The lowest BCUT2D eigenvalue weighted by Crippen LogP contribution is -2.08. The van der Waals surface area contributed by atoms with E-state index in [1.165, 1.54) is 6.92 Å². The van der Waals surface area contributed by atoms with E-state index in [9.17, 15) is 17.1 Å².